The standard InChI is InChI=1S/C10H20Br2/c1-3-4-5-10(6-7-11)8-9(2)12/h9-10H,3-8H2,1-2H3. The first-order chi connectivity index (χ1) is 5.70. The van der Waals surface area contributed by atoms with Crippen LogP contribution in [0.2, 0.25) is 0 Å². The maximum absolute atomic E-state index is 3.62. The van der Waals surface area contributed by atoms with Gasteiger partial charge >= 0.3 is 0 Å². The predicted octanol–water partition coefficient (Wildman–Crippen LogP) is 4.75. The Balaban J connectivity index is 3.54. The normalized spacial score (nSPS) is 16.0. The van der Waals surface area contributed by atoms with Crippen LogP contribution in [0.15, 0.2) is 0 Å². The van der Waals surface area contributed by atoms with Gasteiger partial charge < -0.3 is 0 Å². The van der Waals surface area contributed by atoms with E-state index in [0.29, 0.717) is 4.83 Å². The van der Waals surface area contributed by atoms with Gasteiger partial charge in [-0.25, -0.2) is 0 Å². The Morgan fingerprint density at radius 2 is 1.92 bits per heavy atom. The minimum Gasteiger partial charge on any atom is -0.0928 e. The van der Waals surface area contributed by atoms with Crippen LogP contribution in [0.4, 0.5) is 0 Å². The molecule has 0 bridgehead atoms. The molecular weight excluding hydrogens is 280 g/mol. The van der Waals surface area contributed by atoms with Crippen molar-refractivity contribution >= 4 is 31.9 Å². The van der Waals surface area contributed by atoms with Gasteiger partial charge in [0.1, 0.15) is 0 Å². The summed E-state index contributed by atoms with van der Waals surface area (Å²) in [4.78, 5) is 0.679. The Morgan fingerprint density at radius 1 is 1.25 bits per heavy atom. The molecular formula is C10H20Br2. The van der Waals surface area contributed by atoms with Crippen LogP contribution in [0, 0.1) is 5.92 Å². The van der Waals surface area contributed by atoms with Crippen molar-refractivity contribution in [2.24, 2.45) is 5.92 Å². The van der Waals surface area contributed by atoms with Crippen LogP contribution in [0.3, 0.4) is 0 Å². The largest absolute Gasteiger partial charge is 0.0928 e. The average Bonchev–Trinajstić information content (AvgIpc) is 2.00. The van der Waals surface area contributed by atoms with Crippen molar-refractivity contribution in [3.05, 3.63) is 0 Å². The molecule has 0 fully saturated rings. The van der Waals surface area contributed by atoms with Crippen molar-refractivity contribution in [1.82, 2.24) is 0 Å². The van der Waals surface area contributed by atoms with E-state index in [0.717, 1.165) is 11.2 Å². The van der Waals surface area contributed by atoms with Crippen LogP contribution in [0.5, 0.6) is 0 Å². The Kier molecular flexibility index (Phi) is 9.24. The fourth-order valence-corrected chi connectivity index (χ4v) is 2.66. The zero-order valence-corrected chi connectivity index (χ0v) is 11.3. The SMILES string of the molecule is CCCCC(CCBr)CC(C)Br. The highest BCUT2D eigenvalue weighted by Gasteiger charge is 2.09. The van der Waals surface area contributed by atoms with Crippen LogP contribution < -0.4 is 0 Å². The van der Waals surface area contributed by atoms with Crippen molar-refractivity contribution in [1.29, 1.82) is 0 Å². The molecule has 0 amide bonds. The van der Waals surface area contributed by atoms with E-state index >= 15 is 0 Å². The van der Waals surface area contributed by atoms with Crippen molar-refractivity contribution in [3.8, 4) is 0 Å². The first kappa shape index (κ1) is 13.0. The fourth-order valence-electron chi connectivity index (χ4n) is 1.49. The molecule has 0 aromatic rings. The minimum atomic E-state index is 0.679. The average molecular weight is 300 g/mol. The lowest BCUT2D eigenvalue weighted by atomic mass is 9.95. The molecule has 0 heterocycles. The first-order valence-electron chi connectivity index (χ1n) is 4.90. The highest BCUT2D eigenvalue weighted by molar-refractivity contribution is 9.09. The number of unbranched alkanes of at least 4 members (excludes halogenated alkanes) is 1. The van der Waals surface area contributed by atoms with Crippen LogP contribution >= 0.6 is 31.9 Å². The molecule has 0 aromatic heterocycles. The van der Waals surface area contributed by atoms with Gasteiger partial charge in [0, 0.05) is 10.2 Å². The Labute approximate surface area is 93.8 Å². The quantitative estimate of drug-likeness (QED) is 0.595. The molecule has 0 spiro atoms. The van der Waals surface area contributed by atoms with E-state index in [2.05, 4.69) is 45.7 Å². The zero-order chi connectivity index (χ0) is 9.40. The van der Waals surface area contributed by atoms with Gasteiger partial charge in [-0.15, -0.1) is 0 Å². The van der Waals surface area contributed by atoms with E-state index < -0.39 is 0 Å². The number of rotatable bonds is 7. The van der Waals surface area contributed by atoms with Gasteiger partial charge in [0.05, 0.1) is 0 Å². The summed E-state index contributed by atoms with van der Waals surface area (Å²) in [6.07, 6.45) is 6.77. The number of halogens is 2. The van der Waals surface area contributed by atoms with Crippen molar-refractivity contribution < 1.29 is 0 Å². The van der Waals surface area contributed by atoms with Gasteiger partial charge in [0.2, 0.25) is 0 Å². The molecule has 0 saturated carbocycles. The third kappa shape index (κ3) is 7.60. The van der Waals surface area contributed by atoms with Gasteiger partial charge in [0.15, 0.2) is 0 Å². The highest BCUT2D eigenvalue weighted by Crippen LogP contribution is 2.22. The lowest BCUT2D eigenvalue weighted by Crippen LogP contribution is -2.06. The predicted molar refractivity (Wildman–Crippen MR) is 64.4 cm³/mol. The Morgan fingerprint density at radius 3 is 2.33 bits per heavy atom. The second-order valence-corrected chi connectivity index (χ2v) is 5.86. The van der Waals surface area contributed by atoms with Crippen molar-refractivity contribution in [2.45, 2.75) is 50.8 Å². The van der Waals surface area contributed by atoms with E-state index in [-0.39, 0.29) is 0 Å². The highest BCUT2D eigenvalue weighted by atomic mass is 79.9. The molecule has 74 valence electrons. The van der Waals surface area contributed by atoms with Gasteiger partial charge in [0.25, 0.3) is 0 Å². The van der Waals surface area contributed by atoms with E-state index in [4.69, 9.17) is 0 Å². The summed E-state index contributed by atoms with van der Waals surface area (Å²) in [5.74, 6) is 0.915. The monoisotopic (exact) mass is 298 g/mol. The molecule has 2 atom stereocenters. The van der Waals surface area contributed by atoms with Gasteiger partial charge in [-0.3, -0.25) is 0 Å². The van der Waals surface area contributed by atoms with Crippen molar-refractivity contribution in [3.63, 3.8) is 0 Å². The molecule has 0 N–H and O–H groups in total. The van der Waals surface area contributed by atoms with Crippen LogP contribution in [0.25, 0.3) is 0 Å². The Bertz CT molecular complexity index is 91.8. The summed E-state index contributed by atoms with van der Waals surface area (Å²) >= 11 is 7.14. The van der Waals surface area contributed by atoms with Crippen LogP contribution in [-0.4, -0.2) is 10.2 Å². The third-order valence-electron chi connectivity index (χ3n) is 2.14. The minimum absolute atomic E-state index is 0.679. The second-order valence-electron chi connectivity index (χ2n) is 3.50. The summed E-state index contributed by atoms with van der Waals surface area (Å²) in [6, 6.07) is 0. The molecule has 2 unspecified atom stereocenters. The molecule has 0 aliphatic heterocycles. The fraction of sp³-hybridized carbons (Fsp3) is 1.00. The number of hydrogen-bond donors (Lipinski definition) is 0. The lowest BCUT2D eigenvalue weighted by molar-refractivity contribution is 0.427. The molecule has 12 heavy (non-hydrogen) atoms. The van der Waals surface area contributed by atoms with Gasteiger partial charge in [-0.1, -0.05) is 65.0 Å². The lowest BCUT2D eigenvalue weighted by Gasteiger charge is -2.16. The second kappa shape index (κ2) is 8.55. The van der Waals surface area contributed by atoms with Crippen LogP contribution in [0.1, 0.15) is 46.0 Å². The summed E-state index contributed by atoms with van der Waals surface area (Å²) < 4.78 is 0. The zero-order valence-electron chi connectivity index (χ0n) is 8.15. The van der Waals surface area contributed by atoms with E-state index in [9.17, 15) is 0 Å². The molecule has 0 aliphatic rings. The molecule has 0 aromatic carbocycles. The molecule has 2 heteroatoms. The number of hydrogen-bond acceptors (Lipinski definition) is 0. The van der Waals surface area contributed by atoms with Gasteiger partial charge in [-0.2, -0.15) is 0 Å². The van der Waals surface area contributed by atoms with Crippen molar-refractivity contribution in [2.75, 3.05) is 5.33 Å². The summed E-state index contributed by atoms with van der Waals surface area (Å²) in [5, 5.41) is 1.15. The Hall–Kier alpha value is 0.960. The number of alkyl halides is 2. The third-order valence-corrected chi connectivity index (χ3v) is 2.97. The maximum Gasteiger partial charge on any atom is 0.0120 e. The topological polar surface area (TPSA) is 0 Å². The summed E-state index contributed by atoms with van der Waals surface area (Å²) in [7, 11) is 0. The van der Waals surface area contributed by atoms with E-state index in [1.165, 1.54) is 32.1 Å². The summed E-state index contributed by atoms with van der Waals surface area (Å²) in [5.41, 5.74) is 0. The first-order valence-corrected chi connectivity index (χ1v) is 6.94. The molecule has 0 nitrogen and oxygen atoms in total. The van der Waals surface area contributed by atoms with E-state index in [1.54, 1.807) is 0 Å². The summed E-state index contributed by atoms with van der Waals surface area (Å²) in [6.45, 7) is 4.51. The smallest absolute Gasteiger partial charge is 0.0120 e. The maximum atomic E-state index is 3.62. The van der Waals surface area contributed by atoms with E-state index in [1.807, 2.05) is 0 Å². The van der Waals surface area contributed by atoms with Gasteiger partial charge in [-0.05, 0) is 18.8 Å². The molecule has 0 rings (SSSR count). The van der Waals surface area contributed by atoms with Crippen LogP contribution in [-0.2, 0) is 0 Å². The molecule has 0 radical (unpaired) electrons. The molecule has 0 aliphatic carbocycles. The molecule has 0 saturated heterocycles.